The molecule has 0 amide bonds. The number of hydrogen-bond donors (Lipinski definition) is 3. The Balaban J connectivity index is 3.38. The Kier molecular flexibility index (Phi) is 4.60. The van der Waals surface area contributed by atoms with E-state index in [0.717, 1.165) is 12.8 Å². The summed E-state index contributed by atoms with van der Waals surface area (Å²) in [5, 5.41) is -1.15. The first-order chi connectivity index (χ1) is 8.27. The van der Waals surface area contributed by atoms with Gasteiger partial charge < -0.3 is 15.5 Å². The molecule has 0 aliphatic carbocycles. The molecule has 18 heavy (non-hydrogen) atoms. The van der Waals surface area contributed by atoms with Crippen LogP contribution >= 0.6 is 7.60 Å². The largest absolute Gasteiger partial charge is 0.399 e. The van der Waals surface area contributed by atoms with Gasteiger partial charge in [0.1, 0.15) is 0 Å². The van der Waals surface area contributed by atoms with Crippen molar-refractivity contribution in [2.45, 2.75) is 38.8 Å². The summed E-state index contributed by atoms with van der Waals surface area (Å²) in [5.74, 6) is -0.0676. The molecule has 102 valence electrons. The Labute approximate surface area is 108 Å². The van der Waals surface area contributed by atoms with Crippen LogP contribution in [0.3, 0.4) is 0 Å². The summed E-state index contributed by atoms with van der Waals surface area (Å²) in [6.45, 7) is 5.57. The molecule has 0 heterocycles. The molecule has 5 heteroatoms. The maximum atomic E-state index is 12.0. The third-order valence-corrected chi connectivity index (χ3v) is 5.71. The van der Waals surface area contributed by atoms with E-state index in [2.05, 4.69) is 0 Å². The van der Waals surface area contributed by atoms with Gasteiger partial charge in [-0.1, -0.05) is 38.8 Å². The topological polar surface area (TPSA) is 83.6 Å². The fourth-order valence-corrected chi connectivity index (χ4v) is 3.87. The first-order valence-corrected chi connectivity index (χ1v) is 7.80. The van der Waals surface area contributed by atoms with E-state index < -0.39 is 12.8 Å². The van der Waals surface area contributed by atoms with Gasteiger partial charge in [-0.3, -0.25) is 4.57 Å². The average Bonchev–Trinajstić information content (AvgIpc) is 2.29. The highest BCUT2D eigenvalue weighted by Gasteiger charge is 2.48. The first kappa shape index (κ1) is 15.2. The van der Waals surface area contributed by atoms with E-state index in [0.29, 0.717) is 11.3 Å². The van der Waals surface area contributed by atoms with E-state index in [9.17, 15) is 14.4 Å². The smallest absolute Gasteiger partial charge is 0.335 e. The normalized spacial score (nSPS) is 15.7. The number of anilines is 1. The minimum absolute atomic E-state index is 0.0676. The van der Waals surface area contributed by atoms with Crippen LogP contribution in [0.4, 0.5) is 5.69 Å². The van der Waals surface area contributed by atoms with Crippen LogP contribution in [0.15, 0.2) is 24.3 Å². The lowest BCUT2D eigenvalue weighted by Crippen LogP contribution is -2.31. The molecule has 0 aliphatic heterocycles. The molecule has 1 aromatic rings. The van der Waals surface area contributed by atoms with Gasteiger partial charge in [-0.15, -0.1) is 0 Å². The van der Waals surface area contributed by atoms with Crippen LogP contribution in [0.2, 0.25) is 0 Å². The van der Waals surface area contributed by atoms with Crippen molar-refractivity contribution in [1.29, 1.82) is 0 Å². The van der Waals surface area contributed by atoms with E-state index in [1.807, 2.05) is 13.8 Å². The van der Waals surface area contributed by atoms with Crippen LogP contribution in [-0.2, 0) is 9.72 Å². The molecule has 1 rings (SSSR count). The minimum Gasteiger partial charge on any atom is -0.399 e. The van der Waals surface area contributed by atoms with Gasteiger partial charge >= 0.3 is 7.60 Å². The second-order valence-electron chi connectivity index (χ2n) is 4.83. The zero-order valence-electron chi connectivity index (χ0n) is 11.1. The lowest BCUT2D eigenvalue weighted by Gasteiger charge is -2.37. The van der Waals surface area contributed by atoms with Crippen molar-refractivity contribution in [2.24, 2.45) is 5.92 Å². The highest BCUT2D eigenvalue weighted by molar-refractivity contribution is 7.53. The first-order valence-electron chi connectivity index (χ1n) is 6.19. The van der Waals surface area contributed by atoms with Crippen molar-refractivity contribution < 1.29 is 14.4 Å². The van der Waals surface area contributed by atoms with Gasteiger partial charge in [-0.25, -0.2) is 0 Å². The Hall–Kier alpha value is -0.830. The quantitative estimate of drug-likeness (QED) is 0.567. The number of nitrogens with two attached hydrogens (primary N) is 1. The molecular weight excluding hydrogens is 249 g/mol. The van der Waals surface area contributed by atoms with Gasteiger partial charge in [-0.05, 0) is 30.5 Å². The number of nitrogen functional groups attached to an aromatic ring is 1. The van der Waals surface area contributed by atoms with Gasteiger partial charge in [-0.2, -0.15) is 0 Å². The lowest BCUT2D eigenvalue weighted by molar-refractivity contribution is 0.271. The Bertz CT molecular complexity index is 436. The summed E-state index contributed by atoms with van der Waals surface area (Å²) in [5.41, 5.74) is 6.87. The summed E-state index contributed by atoms with van der Waals surface area (Å²) in [7, 11) is -4.25. The Morgan fingerprint density at radius 3 is 2.00 bits per heavy atom. The SMILES string of the molecule is CCC(CC)C(C)(c1ccc(N)cc1)P(=O)(O)O. The molecule has 0 radical (unpaired) electrons. The maximum Gasteiger partial charge on any atom is 0.335 e. The van der Waals surface area contributed by atoms with Crippen molar-refractivity contribution >= 4 is 13.3 Å². The van der Waals surface area contributed by atoms with Crippen LogP contribution < -0.4 is 5.73 Å². The highest BCUT2D eigenvalue weighted by atomic mass is 31.2. The van der Waals surface area contributed by atoms with Crippen LogP contribution in [0.25, 0.3) is 0 Å². The third kappa shape index (κ3) is 2.61. The Morgan fingerprint density at radius 2 is 1.67 bits per heavy atom. The molecule has 1 aromatic carbocycles. The molecule has 4 N–H and O–H groups in total. The summed E-state index contributed by atoms with van der Waals surface area (Å²) in [4.78, 5) is 19.5. The van der Waals surface area contributed by atoms with Gasteiger partial charge in [0.15, 0.2) is 0 Å². The summed E-state index contributed by atoms with van der Waals surface area (Å²) in [6, 6.07) is 6.80. The van der Waals surface area contributed by atoms with Crippen molar-refractivity contribution in [2.75, 3.05) is 5.73 Å². The summed E-state index contributed by atoms with van der Waals surface area (Å²) < 4.78 is 12.0. The van der Waals surface area contributed by atoms with E-state index in [1.54, 1.807) is 31.2 Å². The zero-order valence-corrected chi connectivity index (χ0v) is 12.0. The third-order valence-electron chi connectivity index (χ3n) is 3.88. The molecule has 0 saturated heterocycles. The molecule has 0 aromatic heterocycles. The van der Waals surface area contributed by atoms with E-state index >= 15 is 0 Å². The van der Waals surface area contributed by atoms with E-state index in [1.165, 1.54) is 0 Å². The van der Waals surface area contributed by atoms with Crippen molar-refractivity contribution in [3.05, 3.63) is 29.8 Å². The number of rotatable bonds is 5. The predicted octanol–water partition coefficient (Wildman–Crippen LogP) is 3.10. The number of hydrogen-bond acceptors (Lipinski definition) is 2. The molecule has 0 bridgehead atoms. The zero-order chi connectivity index (χ0) is 14.0. The van der Waals surface area contributed by atoms with Gasteiger partial charge in [0.25, 0.3) is 0 Å². The lowest BCUT2D eigenvalue weighted by atomic mass is 9.83. The van der Waals surface area contributed by atoms with Crippen molar-refractivity contribution in [1.82, 2.24) is 0 Å². The fourth-order valence-electron chi connectivity index (χ4n) is 2.55. The van der Waals surface area contributed by atoms with E-state index in [-0.39, 0.29) is 5.92 Å². The summed E-state index contributed by atoms with van der Waals surface area (Å²) in [6.07, 6.45) is 1.45. The molecular formula is C13H22NO3P. The second kappa shape index (κ2) is 5.43. The van der Waals surface area contributed by atoms with E-state index in [4.69, 9.17) is 5.73 Å². The molecule has 0 fully saturated rings. The fraction of sp³-hybridized carbons (Fsp3) is 0.538. The van der Waals surface area contributed by atoms with Gasteiger partial charge in [0.2, 0.25) is 0 Å². The van der Waals surface area contributed by atoms with Crippen LogP contribution in [0.5, 0.6) is 0 Å². The highest BCUT2D eigenvalue weighted by Crippen LogP contribution is 2.62. The summed E-state index contributed by atoms with van der Waals surface area (Å²) >= 11 is 0. The van der Waals surface area contributed by atoms with Crippen LogP contribution in [0, 0.1) is 5.92 Å². The molecule has 0 aliphatic rings. The monoisotopic (exact) mass is 271 g/mol. The van der Waals surface area contributed by atoms with Crippen LogP contribution in [-0.4, -0.2) is 9.79 Å². The average molecular weight is 271 g/mol. The van der Waals surface area contributed by atoms with Crippen molar-refractivity contribution in [3.63, 3.8) is 0 Å². The second-order valence-corrected chi connectivity index (χ2v) is 6.84. The minimum atomic E-state index is -4.25. The van der Waals surface area contributed by atoms with Crippen molar-refractivity contribution in [3.8, 4) is 0 Å². The Morgan fingerprint density at radius 1 is 1.22 bits per heavy atom. The van der Waals surface area contributed by atoms with Gasteiger partial charge in [0, 0.05) is 5.69 Å². The molecule has 4 nitrogen and oxygen atoms in total. The molecule has 0 saturated carbocycles. The van der Waals surface area contributed by atoms with Gasteiger partial charge in [0.05, 0.1) is 5.16 Å². The number of benzene rings is 1. The molecule has 0 spiro atoms. The standard InChI is InChI=1S/C13H22NO3P/c1-4-10(5-2)13(3,18(15,16)17)11-6-8-12(14)9-7-11/h6-10H,4-5,14H2,1-3H3,(H2,15,16,17). The maximum absolute atomic E-state index is 12.0. The predicted molar refractivity (Wildman–Crippen MR) is 74.3 cm³/mol. The van der Waals surface area contributed by atoms with Crippen LogP contribution in [0.1, 0.15) is 39.2 Å². The molecule has 1 atom stereocenters. The molecule has 1 unspecified atom stereocenters.